The number of carbonyl (C=O) groups is 2. The predicted octanol–water partition coefficient (Wildman–Crippen LogP) is -4.24. The summed E-state index contributed by atoms with van der Waals surface area (Å²) in [6, 6.07) is -1.55. The van der Waals surface area contributed by atoms with Crippen LogP contribution in [0.4, 0.5) is 0 Å². The molecule has 0 saturated carbocycles. The molecule has 0 bridgehead atoms. The van der Waals surface area contributed by atoms with Gasteiger partial charge in [0.2, 0.25) is 5.91 Å². The van der Waals surface area contributed by atoms with Crippen LogP contribution >= 0.6 is 0 Å². The molecule has 0 saturated heterocycles. The Hall–Kier alpha value is -1.30. The van der Waals surface area contributed by atoms with Gasteiger partial charge in [0.25, 0.3) is 0 Å². The highest BCUT2D eigenvalue weighted by Crippen LogP contribution is 2.13. The summed E-state index contributed by atoms with van der Waals surface area (Å²) in [6.07, 6.45) is -9.90. The Bertz CT molecular complexity index is 351. The van der Waals surface area contributed by atoms with Crippen molar-refractivity contribution in [3.05, 3.63) is 0 Å². The van der Waals surface area contributed by atoms with Crippen LogP contribution in [0.5, 0.6) is 0 Å². The van der Waals surface area contributed by atoms with Gasteiger partial charge >= 0.3 is 5.97 Å². The molecule has 8 N–H and O–H groups in total. The number of aliphatic carboxylic acids is 1. The Morgan fingerprint density at radius 2 is 1.52 bits per heavy atom. The average Bonchev–Trinajstić information content (AvgIpc) is 2.41. The second-order valence-corrected chi connectivity index (χ2v) is 4.61. The maximum atomic E-state index is 11.0. The Balaban J connectivity index is 5.00. The van der Waals surface area contributed by atoms with E-state index in [4.69, 9.17) is 15.3 Å². The van der Waals surface area contributed by atoms with Gasteiger partial charge in [-0.1, -0.05) is 0 Å². The number of rotatable bonds is 9. The number of carboxylic acids is 1. The number of carbonyl (C=O) groups excluding carboxylic acids is 1. The molecule has 0 aromatic rings. The van der Waals surface area contributed by atoms with Crippen molar-refractivity contribution < 1.29 is 45.3 Å². The van der Waals surface area contributed by atoms with Crippen LogP contribution in [0.15, 0.2) is 0 Å². The van der Waals surface area contributed by atoms with Crippen molar-refractivity contribution in [2.45, 2.75) is 49.9 Å². The standard InChI is InChI=1S/C11H21NO9/c1-4(14)12-8(5(15)2-6(16)11(20)21)10(19)9(18)7(17)3-13/h5-10,13,15-19H,2-3H2,1H3,(H,12,14)(H,20,21)/t5-,6?,7+,8+,9+,10+/m0/s1. The Morgan fingerprint density at radius 3 is 1.90 bits per heavy atom. The number of aliphatic hydroxyl groups is 6. The van der Waals surface area contributed by atoms with Crippen molar-refractivity contribution >= 4 is 11.9 Å². The fourth-order valence-electron chi connectivity index (χ4n) is 1.67. The topological polar surface area (TPSA) is 188 Å². The first-order valence-corrected chi connectivity index (χ1v) is 6.12. The van der Waals surface area contributed by atoms with E-state index in [1.165, 1.54) is 0 Å². The summed E-state index contributed by atoms with van der Waals surface area (Å²) in [4.78, 5) is 21.5. The quantitative estimate of drug-likeness (QED) is 0.208. The lowest BCUT2D eigenvalue weighted by Crippen LogP contribution is -2.58. The molecule has 0 rings (SSSR count). The summed E-state index contributed by atoms with van der Waals surface area (Å²) in [5.41, 5.74) is 0. The van der Waals surface area contributed by atoms with Gasteiger partial charge in [-0.3, -0.25) is 4.79 Å². The third kappa shape index (κ3) is 6.33. The fraction of sp³-hybridized carbons (Fsp3) is 0.818. The van der Waals surface area contributed by atoms with Crippen molar-refractivity contribution in [1.82, 2.24) is 5.32 Å². The highest BCUT2D eigenvalue weighted by Gasteiger charge is 2.37. The fourth-order valence-corrected chi connectivity index (χ4v) is 1.67. The van der Waals surface area contributed by atoms with Crippen LogP contribution in [-0.4, -0.2) is 90.8 Å². The molecule has 6 atom stereocenters. The number of carboxylic acid groups (broad SMARTS) is 1. The van der Waals surface area contributed by atoms with Gasteiger partial charge < -0.3 is 41.1 Å². The van der Waals surface area contributed by atoms with E-state index in [2.05, 4.69) is 5.32 Å². The normalized spacial score (nSPS) is 20.0. The van der Waals surface area contributed by atoms with E-state index in [0.29, 0.717) is 0 Å². The van der Waals surface area contributed by atoms with Crippen LogP contribution in [0.3, 0.4) is 0 Å². The van der Waals surface area contributed by atoms with Crippen LogP contribution in [0, 0.1) is 0 Å². The molecule has 1 amide bonds. The summed E-state index contributed by atoms with van der Waals surface area (Å²) in [5.74, 6) is -2.31. The van der Waals surface area contributed by atoms with Gasteiger partial charge in [0, 0.05) is 13.3 Å². The minimum absolute atomic E-state index is 0.700. The summed E-state index contributed by atoms with van der Waals surface area (Å²) in [5, 5.41) is 66.9. The molecular weight excluding hydrogens is 290 g/mol. The zero-order chi connectivity index (χ0) is 16.7. The molecule has 124 valence electrons. The Labute approximate surface area is 120 Å². The molecule has 0 aromatic carbocycles. The maximum Gasteiger partial charge on any atom is 0.332 e. The van der Waals surface area contributed by atoms with Crippen LogP contribution in [0.2, 0.25) is 0 Å². The molecule has 0 heterocycles. The highest BCUT2D eigenvalue weighted by molar-refractivity contribution is 5.73. The van der Waals surface area contributed by atoms with Crippen molar-refractivity contribution in [2.75, 3.05) is 6.61 Å². The number of hydrogen-bond donors (Lipinski definition) is 8. The van der Waals surface area contributed by atoms with E-state index < -0.39 is 61.5 Å². The number of aliphatic hydroxyl groups excluding tert-OH is 6. The summed E-state index contributed by atoms with van der Waals surface area (Å²) in [6.45, 7) is 0.174. The summed E-state index contributed by atoms with van der Waals surface area (Å²) < 4.78 is 0. The van der Waals surface area contributed by atoms with Gasteiger partial charge in [-0.15, -0.1) is 0 Å². The predicted molar refractivity (Wildman–Crippen MR) is 67.0 cm³/mol. The first kappa shape index (κ1) is 19.7. The highest BCUT2D eigenvalue weighted by atomic mass is 16.4. The van der Waals surface area contributed by atoms with Crippen molar-refractivity contribution in [3.8, 4) is 0 Å². The molecular formula is C11H21NO9. The third-order valence-electron chi connectivity index (χ3n) is 2.83. The first-order chi connectivity index (χ1) is 9.61. The number of nitrogens with one attached hydrogen (secondary N) is 1. The largest absolute Gasteiger partial charge is 0.479 e. The molecule has 0 spiro atoms. The zero-order valence-electron chi connectivity index (χ0n) is 11.3. The van der Waals surface area contributed by atoms with E-state index in [9.17, 15) is 30.0 Å². The van der Waals surface area contributed by atoms with E-state index in [1.54, 1.807) is 0 Å². The lowest BCUT2D eigenvalue weighted by atomic mass is 9.93. The van der Waals surface area contributed by atoms with Crippen LogP contribution in [0.25, 0.3) is 0 Å². The minimum Gasteiger partial charge on any atom is -0.479 e. The summed E-state index contributed by atoms with van der Waals surface area (Å²) >= 11 is 0. The second kappa shape index (κ2) is 8.87. The molecule has 10 heteroatoms. The SMILES string of the molecule is CC(=O)N[C@@H]([C@@H](O)[C@H](O)[C@H](O)CO)[C@@H](O)CC(O)C(=O)O. The van der Waals surface area contributed by atoms with Gasteiger partial charge in [0.1, 0.15) is 18.3 Å². The van der Waals surface area contributed by atoms with Crippen molar-refractivity contribution in [2.24, 2.45) is 0 Å². The first-order valence-electron chi connectivity index (χ1n) is 6.12. The molecule has 21 heavy (non-hydrogen) atoms. The number of amides is 1. The van der Waals surface area contributed by atoms with Crippen molar-refractivity contribution in [1.29, 1.82) is 0 Å². The van der Waals surface area contributed by atoms with E-state index in [0.717, 1.165) is 6.92 Å². The van der Waals surface area contributed by atoms with Gasteiger partial charge in [0.15, 0.2) is 6.10 Å². The molecule has 0 aromatic heterocycles. The van der Waals surface area contributed by atoms with E-state index in [-0.39, 0.29) is 0 Å². The second-order valence-electron chi connectivity index (χ2n) is 4.61. The van der Waals surface area contributed by atoms with Crippen LogP contribution < -0.4 is 5.32 Å². The minimum atomic E-state index is -1.94. The average molecular weight is 311 g/mol. The molecule has 1 unspecified atom stereocenters. The lowest BCUT2D eigenvalue weighted by Gasteiger charge is -2.32. The van der Waals surface area contributed by atoms with Gasteiger partial charge in [0.05, 0.1) is 18.8 Å². The van der Waals surface area contributed by atoms with Crippen LogP contribution in [0.1, 0.15) is 13.3 Å². The van der Waals surface area contributed by atoms with Gasteiger partial charge in [-0.25, -0.2) is 4.79 Å². The monoisotopic (exact) mass is 311 g/mol. The van der Waals surface area contributed by atoms with Gasteiger partial charge in [-0.05, 0) is 0 Å². The number of hydrogen-bond acceptors (Lipinski definition) is 8. The van der Waals surface area contributed by atoms with Crippen molar-refractivity contribution in [3.63, 3.8) is 0 Å². The smallest absolute Gasteiger partial charge is 0.332 e. The molecule has 0 aliphatic carbocycles. The molecule has 10 nitrogen and oxygen atoms in total. The molecule has 0 aliphatic heterocycles. The molecule has 0 radical (unpaired) electrons. The van der Waals surface area contributed by atoms with E-state index >= 15 is 0 Å². The zero-order valence-corrected chi connectivity index (χ0v) is 11.3. The molecule has 0 aliphatic rings. The third-order valence-corrected chi connectivity index (χ3v) is 2.83. The lowest BCUT2D eigenvalue weighted by molar-refractivity contribution is -0.149. The van der Waals surface area contributed by atoms with E-state index in [1.807, 2.05) is 0 Å². The Kier molecular flexibility index (Phi) is 8.32. The maximum absolute atomic E-state index is 11.0. The Morgan fingerprint density at radius 1 is 1.00 bits per heavy atom. The van der Waals surface area contributed by atoms with Gasteiger partial charge in [-0.2, -0.15) is 0 Å². The van der Waals surface area contributed by atoms with Crippen LogP contribution in [-0.2, 0) is 9.59 Å². The molecule has 0 fully saturated rings. The summed E-state index contributed by atoms with van der Waals surface area (Å²) in [7, 11) is 0.